The Morgan fingerprint density at radius 1 is 1.17 bits per heavy atom. The zero-order valence-electron chi connectivity index (χ0n) is 14.1. The SMILES string of the molecule is CC(C)(C)C(=O)N1CCC(N2Cc3ccccc3NC2=O)CC1. The monoisotopic (exact) mass is 315 g/mol. The van der Waals surface area contributed by atoms with Crippen molar-refractivity contribution in [2.24, 2.45) is 5.41 Å². The van der Waals surface area contributed by atoms with Crippen molar-refractivity contribution in [2.45, 2.75) is 46.2 Å². The van der Waals surface area contributed by atoms with E-state index in [0.717, 1.165) is 37.2 Å². The van der Waals surface area contributed by atoms with Gasteiger partial charge in [0.25, 0.3) is 0 Å². The Balaban J connectivity index is 1.64. The van der Waals surface area contributed by atoms with Gasteiger partial charge in [0, 0.05) is 36.8 Å². The fourth-order valence-corrected chi connectivity index (χ4v) is 3.37. The number of nitrogens with one attached hydrogen (secondary N) is 1. The number of benzene rings is 1. The molecule has 0 aromatic heterocycles. The summed E-state index contributed by atoms with van der Waals surface area (Å²) in [6.45, 7) is 7.97. The standard InChI is InChI=1S/C18H25N3O2/c1-18(2,3)16(22)20-10-8-14(9-11-20)21-12-13-6-4-5-7-15(13)19-17(21)23/h4-7,14H,8-12H2,1-3H3,(H,19,23). The van der Waals surface area contributed by atoms with E-state index < -0.39 is 0 Å². The number of nitrogens with zero attached hydrogens (tertiary/aromatic N) is 2. The van der Waals surface area contributed by atoms with Crippen molar-refractivity contribution in [1.29, 1.82) is 0 Å². The second-order valence-electron chi connectivity index (χ2n) is 7.49. The van der Waals surface area contributed by atoms with Crippen LogP contribution in [0.2, 0.25) is 0 Å². The molecule has 1 aromatic rings. The van der Waals surface area contributed by atoms with Crippen LogP contribution in [-0.2, 0) is 11.3 Å². The Morgan fingerprint density at radius 3 is 2.48 bits per heavy atom. The number of anilines is 1. The van der Waals surface area contributed by atoms with E-state index in [4.69, 9.17) is 0 Å². The molecule has 2 heterocycles. The third-order valence-corrected chi connectivity index (χ3v) is 4.69. The van der Waals surface area contributed by atoms with Gasteiger partial charge >= 0.3 is 6.03 Å². The Bertz CT molecular complexity index is 613. The van der Waals surface area contributed by atoms with Gasteiger partial charge in [0.05, 0.1) is 0 Å². The molecule has 1 N–H and O–H groups in total. The maximum absolute atomic E-state index is 12.4. The first-order valence-corrected chi connectivity index (χ1v) is 8.31. The fourth-order valence-electron chi connectivity index (χ4n) is 3.37. The normalized spacial score (nSPS) is 19.3. The van der Waals surface area contributed by atoms with Gasteiger partial charge in [-0.15, -0.1) is 0 Å². The van der Waals surface area contributed by atoms with Gasteiger partial charge in [0.15, 0.2) is 0 Å². The Kier molecular flexibility index (Phi) is 4.04. The number of hydrogen-bond acceptors (Lipinski definition) is 2. The molecule has 0 spiro atoms. The summed E-state index contributed by atoms with van der Waals surface area (Å²) >= 11 is 0. The highest BCUT2D eigenvalue weighted by Crippen LogP contribution is 2.28. The number of hydrogen-bond donors (Lipinski definition) is 1. The molecule has 1 aromatic carbocycles. The molecule has 0 atom stereocenters. The highest BCUT2D eigenvalue weighted by molar-refractivity contribution is 5.92. The molecule has 0 aliphatic carbocycles. The van der Waals surface area contributed by atoms with Crippen molar-refractivity contribution >= 4 is 17.6 Å². The predicted molar refractivity (Wildman–Crippen MR) is 90.1 cm³/mol. The van der Waals surface area contributed by atoms with Crippen LogP contribution < -0.4 is 5.32 Å². The minimum absolute atomic E-state index is 0.0238. The smallest absolute Gasteiger partial charge is 0.322 e. The van der Waals surface area contributed by atoms with Gasteiger partial charge in [-0.05, 0) is 24.5 Å². The molecule has 3 amide bonds. The van der Waals surface area contributed by atoms with Crippen molar-refractivity contribution in [3.8, 4) is 0 Å². The molecule has 0 bridgehead atoms. The molecule has 0 radical (unpaired) electrons. The van der Waals surface area contributed by atoms with E-state index in [1.165, 1.54) is 0 Å². The van der Waals surface area contributed by atoms with Crippen LogP contribution in [0.3, 0.4) is 0 Å². The van der Waals surface area contributed by atoms with Gasteiger partial charge in [-0.1, -0.05) is 39.0 Å². The van der Waals surface area contributed by atoms with Crippen LogP contribution in [-0.4, -0.2) is 40.9 Å². The number of para-hydroxylation sites is 1. The first kappa shape index (κ1) is 15.8. The molecule has 5 nitrogen and oxygen atoms in total. The van der Waals surface area contributed by atoms with Crippen LogP contribution in [0.25, 0.3) is 0 Å². The molecular formula is C18H25N3O2. The van der Waals surface area contributed by atoms with E-state index in [9.17, 15) is 9.59 Å². The van der Waals surface area contributed by atoms with E-state index >= 15 is 0 Å². The van der Waals surface area contributed by atoms with Gasteiger partial charge in [-0.3, -0.25) is 4.79 Å². The van der Waals surface area contributed by atoms with E-state index in [-0.39, 0.29) is 23.4 Å². The van der Waals surface area contributed by atoms with Crippen LogP contribution >= 0.6 is 0 Å². The highest BCUT2D eigenvalue weighted by atomic mass is 16.2. The second kappa shape index (κ2) is 5.87. The summed E-state index contributed by atoms with van der Waals surface area (Å²) in [5, 5.41) is 2.97. The van der Waals surface area contributed by atoms with Crippen LogP contribution in [0.1, 0.15) is 39.2 Å². The summed E-state index contributed by atoms with van der Waals surface area (Å²) in [5.74, 6) is 0.199. The number of amides is 3. The second-order valence-corrected chi connectivity index (χ2v) is 7.49. The quantitative estimate of drug-likeness (QED) is 0.866. The average Bonchev–Trinajstić information content (AvgIpc) is 2.53. The summed E-state index contributed by atoms with van der Waals surface area (Å²) in [6.07, 6.45) is 1.69. The van der Waals surface area contributed by atoms with E-state index in [1.54, 1.807) is 0 Å². The summed E-state index contributed by atoms with van der Waals surface area (Å²) < 4.78 is 0. The molecule has 2 aliphatic heterocycles. The predicted octanol–water partition coefficient (Wildman–Crippen LogP) is 3.07. The molecule has 3 rings (SSSR count). The summed E-state index contributed by atoms with van der Waals surface area (Å²) in [5.41, 5.74) is 1.73. The molecular weight excluding hydrogens is 290 g/mol. The largest absolute Gasteiger partial charge is 0.342 e. The third kappa shape index (κ3) is 3.19. The van der Waals surface area contributed by atoms with Gasteiger partial charge in [0.2, 0.25) is 5.91 Å². The third-order valence-electron chi connectivity index (χ3n) is 4.69. The number of piperidine rings is 1. The average molecular weight is 315 g/mol. The molecule has 23 heavy (non-hydrogen) atoms. The van der Waals surface area contributed by atoms with Gasteiger partial charge in [0.1, 0.15) is 0 Å². The van der Waals surface area contributed by atoms with Crippen molar-refractivity contribution in [2.75, 3.05) is 18.4 Å². The van der Waals surface area contributed by atoms with Gasteiger partial charge in [-0.2, -0.15) is 0 Å². The van der Waals surface area contributed by atoms with Gasteiger partial charge < -0.3 is 15.1 Å². The number of fused-ring (bicyclic) bond motifs is 1. The number of likely N-dealkylation sites (tertiary alicyclic amines) is 1. The van der Waals surface area contributed by atoms with Crippen molar-refractivity contribution in [3.63, 3.8) is 0 Å². The van der Waals surface area contributed by atoms with Crippen LogP contribution in [0.5, 0.6) is 0 Å². The molecule has 5 heteroatoms. The van der Waals surface area contributed by atoms with Crippen molar-refractivity contribution in [1.82, 2.24) is 9.80 Å². The van der Waals surface area contributed by atoms with Crippen molar-refractivity contribution < 1.29 is 9.59 Å². The topological polar surface area (TPSA) is 52.7 Å². The fraction of sp³-hybridized carbons (Fsp3) is 0.556. The molecule has 1 fully saturated rings. The van der Waals surface area contributed by atoms with Crippen molar-refractivity contribution in [3.05, 3.63) is 29.8 Å². The maximum atomic E-state index is 12.4. The highest BCUT2D eigenvalue weighted by Gasteiger charge is 2.34. The Labute approximate surface area is 137 Å². The summed E-state index contributed by atoms with van der Waals surface area (Å²) in [6, 6.07) is 8.11. The maximum Gasteiger partial charge on any atom is 0.322 e. The molecule has 0 unspecified atom stereocenters. The molecule has 2 aliphatic rings. The minimum Gasteiger partial charge on any atom is -0.342 e. The molecule has 124 valence electrons. The summed E-state index contributed by atoms with van der Waals surface area (Å²) in [4.78, 5) is 28.6. The zero-order valence-corrected chi connectivity index (χ0v) is 14.1. The Hall–Kier alpha value is -2.04. The van der Waals surface area contributed by atoms with E-state index in [1.807, 2.05) is 48.8 Å². The summed E-state index contributed by atoms with van der Waals surface area (Å²) in [7, 11) is 0. The first-order chi connectivity index (χ1) is 10.9. The lowest BCUT2D eigenvalue weighted by atomic mass is 9.92. The van der Waals surface area contributed by atoms with E-state index in [0.29, 0.717) is 6.54 Å². The number of urea groups is 1. The number of carbonyl (C=O) groups excluding carboxylic acids is 2. The molecule has 1 saturated heterocycles. The first-order valence-electron chi connectivity index (χ1n) is 8.31. The Morgan fingerprint density at radius 2 is 1.83 bits per heavy atom. The lowest BCUT2D eigenvalue weighted by Crippen LogP contribution is -2.52. The number of carbonyl (C=O) groups is 2. The van der Waals surface area contributed by atoms with E-state index in [2.05, 4.69) is 11.4 Å². The van der Waals surface area contributed by atoms with Crippen LogP contribution in [0.15, 0.2) is 24.3 Å². The van der Waals surface area contributed by atoms with Crippen LogP contribution in [0, 0.1) is 5.41 Å². The lowest BCUT2D eigenvalue weighted by Gasteiger charge is -2.41. The van der Waals surface area contributed by atoms with Crippen LogP contribution in [0.4, 0.5) is 10.5 Å². The zero-order chi connectivity index (χ0) is 16.6. The van der Waals surface area contributed by atoms with Gasteiger partial charge in [-0.25, -0.2) is 4.79 Å². The molecule has 0 saturated carbocycles. The number of rotatable bonds is 1. The minimum atomic E-state index is -0.339. The lowest BCUT2D eigenvalue weighted by molar-refractivity contribution is -0.140.